The maximum Gasteiger partial charge on any atom is 0.416 e. The van der Waals surface area contributed by atoms with E-state index in [0.29, 0.717) is 0 Å². The predicted molar refractivity (Wildman–Crippen MR) is 67.7 cm³/mol. The molecule has 0 bridgehead atoms. The Bertz CT molecular complexity index is 672. The minimum atomic E-state index is -4.56. The van der Waals surface area contributed by atoms with Gasteiger partial charge in [0.25, 0.3) is 0 Å². The Kier molecular flexibility index (Phi) is 4.08. The lowest BCUT2D eigenvalue weighted by Crippen LogP contribution is -2.07. The molecule has 118 valence electrons. The molecule has 0 aliphatic carbocycles. The van der Waals surface area contributed by atoms with Crippen LogP contribution in [0.25, 0.3) is 0 Å². The number of ether oxygens (including phenoxy) is 1. The lowest BCUT2D eigenvalue weighted by molar-refractivity contribution is -0.138. The molecular weight excluding hydrogens is 310 g/mol. The van der Waals surface area contributed by atoms with Crippen molar-refractivity contribution in [3.63, 3.8) is 0 Å². The van der Waals surface area contributed by atoms with Crippen LogP contribution in [-0.2, 0) is 12.4 Å². The molecule has 0 saturated heterocycles. The van der Waals surface area contributed by atoms with Gasteiger partial charge in [-0.05, 0) is 42.8 Å². The third-order valence-electron chi connectivity index (χ3n) is 2.91. The van der Waals surface area contributed by atoms with E-state index in [1.807, 2.05) is 0 Å². The summed E-state index contributed by atoms with van der Waals surface area (Å²) >= 11 is 0. The van der Waals surface area contributed by atoms with Crippen LogP contribution in [0.5, 0.6) is 11.5 Å². The Balaban J connectivity index is 2.32. The van der Waals surface area contributed by atoms with Crippen molar-refractivity contribution in [2.24, 2.45) is 0 Å². The number of rotatable bonds is 2. The summed E-state index contributed by atoms with van der Waals surface area (Å²) in [5.74, 6) is -0.371. The Morgan fingerprint density at radius 2 is 1.41 bits per heavy atom. The first-order valence-electron chi connectivity index (χ1n) is 6.10. The van der Waals surface area contributed by atoms with Crippen LogP contribution >= 0.6 is 0 Å². The highest BCUT2D eigenvalue weighted by atomic mass is 19.4. The lowest BCUT2D eigenvalue weighted by Gasteiger charge is -2.13. The minimum absolute atomic E-state index is 0.00360. The van der Waals surface area contributed by atoms with Crippen LogP contribution in [0.4, 0.5) is 26.3 Å². The molecule has 22 heavy (non-hydrogen) atoms. The zero-order chi connectivity index (χ0) is 16.5. The van der Waals surface area contributed by atoms with Crippen LogP contribution in [0, 0.1) is 6.92 Å². The second-order valence-corrected chi connectivity index (χ2v) is 4.60. The van der Waals surface area contributed by atoms with Gasteiger partial charge in [0.15, 0.2) is 0 Å². The van der Waals surface area contributed by atoms with Gasteiger partial charge in [0, 0.05) is 0 Å². The third-order valence-corrected chi connectivity index (χ3v) is 2.91. The van der Waals surface area contributed by atoms with Crippen LogP contribution in [0.2, 0.25) is 0 Å². The molecule has 0 spiro atoms. The summed E-state index contributed by atoms with van der Waals surface area (Å²) in [6.07, 6.45) is -9.11. The average Bonchev–Trinajstić information content (AvgIpc) is 2.39. The van der Waals surface area contributed by atoms with Crippen molar-refractivity contribution in [3.8, 4) is 11.5 Å². The summed E-state index contributed by atoms with van der Waals surface area (Å²) < 4.78 is 81.2. The fourth-order valence-electron chi connectivity index (χ4n) is 1.84. The van der Waals surface area contributed by atoms with Gasteiger partial charge in [0.1, 0.15) is 11.5 Å². The van der Waals surface area contributed by atoms with Crippen LogP contribution < -0.4 is 4.74 Å². The molecule has 0 fully saturated rings. The van der Waals surface area contributed by atoms with Gasteiger partial charge in [-0.25, -0.2) is 0 Å². The molecular formula is C15H10F6O. The Hall–Kier alpha value is -2.18. The van der Waals surface area contributed by atoms with Crippen LogP contribution in [0.3, 0.4) is 0 Å². The van der Waals surface area contributed by atoms with Crippen molar-refractivity contribution in [1.29, 1.82) is 0 Å². The van der Waals surface area contributed by atoms with Crippen molar-refractivity contribution >= 4 is 0 Å². The zero-order valence-corrected chi connectivity index (χ0v) is 11.2. The van der Waals surface area contributed by atoms with E-state index in [1.165, 1.54) is 25.1 Å². The van der Waals surface area contributed by atoms with Crippen LogP contribution in [0.1, 0.15) is 16.7 Å². The van der Waals surface area contributed by atoms with E-state index in [4.69, 9.17) is 4.74 Å². The highest BCUT2D eigenvalue weighted by Crippen LogP contribution is 2.36. The summed E-state index contributed by atoms with van der Waals surface area (Å²) in [5.41, 5.74) is -1.82. The topological polar surface area (TPSA) is 9.23 Å². The summed E-state index contributed by atoms with van der Waals surface area (Å²) in [5, 5.41) is 0. The Morgan fingerprint density at radius 1 is 0.773 bits per heavy atom. The third kappa shape index (κ3) is 3.72. The number of hydrogen-bond acceptors (Lipinski definition) is 1. The molecule has 0 atom stereocenters. The maximum absolute atomic E-state index is 12.8. The molecule has 0 aliphatic heterocycles. The summed E-state index contributed by atoms with van der Waals surface area (Å²) in [4.78, 5) is 0. The van der Waals surface area contributed by atoms with Gasteiger partial charge in [-0.15, -0.1) is 0 Å². The van der Waals surface area contributed by atoms with Crippen molar-refractivity contribution < 1.29 is 31.1 Å². The van der Waals surface area contributed by atoms with Gasteiger partial charge >= 0.3 is 12.4 Å². The van der Waals surface area contributed by atoms with Crippen LogP contribution in [-0.4, -0.2) is 0 Å². The molecule has 2 rings (SSSR count). The molecule has 0 radical (unpaired) electrons. The van der Waals surface area contributed by atoms with Gasteiger partial charge in [-0.2, -0.15) is 26.3 Å². The maximum atomic E-state index is 12.8. The molecule has 0 amide bonds. The first kappa shape index (κ1) is 16.2. The predicted octanol–water partition coefficient (Wildman–Crippen LogP) is 5.82. The monoisotopic (exact) mass is 320 g/mol. The average molecular weight is 320 g/mol. The van der Waals surface area contributed by atoms with Gasteiger partial charge in [0.05, 0.1) is 11.1 Å². The van der Waals surface area contributed by atoms with E-state index in [-0.39, 0.29) is 17.1 Å². The first-order chi connectivity index (χ1) is 10.1. The molecule has 2 aromatic rings. The fourth-order valence-corrected chi connectivity index (χ4v) is 1.84. The fraction of sp³-hybridized carbons (Fsp3) is 0.200. The summed E-state index contributed by atoms with van der Waals surface area (Å²) in [7, 11) is 0. The van der Waals surface area contributed by atoms with E-state index in [2.05, 4.69) is 0 Å². The molecule has 0 aliphatic rings. The van der Waals surface area contributed by atoms with Gasteiger partial charge < -0.3 is 4.74 Å². The van der Waals surface area contributed by atoms with Crippen LogP contribution in [0.15, 0.2) is 42.5 Å². The smallest absolute Gasteiger partial charge is 0.416 e. The van der Waals surface area contributed by atoms with E-state index in [0.717, 1.165) is 24.3 Å². The van der Waals surface area contributed by atoms with E-state index < -0.39 is 23.5 Å². The molecule has 0 saturated carbocycles. The van der Waals surface area contributed by atoms with Crippen molar-refractivity contribution in [2.45, 2.75) is 19.3 Å². The van der Waals surface area contributed by atoms with Gasteiger partial charge in [-0.1, -0.05) is 12.1 Å². The molecule has 1 nitrogen and oxygen atoms in total. The standard InChI is InChI=1S/C15H10F6O/c1-9-5-6-12(8-13(9)15(19,20)21)22-11-4-2-3-10(7-11)14(16,17)18/h2-8H,1H3. The number of alkyl halides is 6. The largest absolute Gasteiger partial charge is 0.457 e. The second-order valence-electron chi connectivity index (χ2n) is 4.60. The van der Waals surface area contributed by atoms with Gasteiger partial charge in [0.2, 0.25) is 0 Å². The van der Waals surface area contributed by atoms with Crippen molar-refractivity contribution in [3.05, 3.63) is 59.2 Å². The Morgan fingerprint density at radius 3 is 2.00 bits per heavy atom. The number of aryl methyl sites for hydroxylation is 1. The number of hydrogen-bond donors (Lipinski definition) is 0. The molecule has 7 heteroatoms. The SMILES string of the molecule is Cc1ccc(Oc2cccc(C(F)(F)F)c2)cc1C(F)(F)F. The van der Waals surface area contributed by atoms with Crippen molar-refractivity contribution in [2.75, 3.05) is 0 Å². The highest BCUT2D eigenvalue weighted by molar-refractivity contribution is 5.40. The van der Waals surface area contributed by atoms with E-state index >= 15 is 0 Å². The van der Waals surface area contributed by atoms with E-state index in [9.17, 15) is 26.3 Å². The summed E-state index contributed by atoms with van der Waals surface area (Å²) in [6.45, 7) is 1.29. The molecule has 0 N–H and O–H groups in total. The first-order valence-corrected chi connectivity index (χ1v) is 6.10. The Labute approximate surface area is 122 Å². The molecule has 0 heterocycles. The second kappa shape index (κ2) is 5.55. The van der Waals surface area contributed by atoms with Gasteiger partial charge in [-0.3, -0.25) is 0 Å². The minimum Gasteiger partial charge on any atom is -0.457 e. The van der Waals surface area contributed by atoms with Crippen molar-refractivity contribution in [1.82, 2.24) is 0 Å². The summed E-state index contributed by atoms with van der Waals surface area (Å²) in [6, 6.07) is 7.17. The highest BCUT2D eigenvalue weighted by Gasteiger charge is 2.33. The number of halogens is 6. The lowest BCUT2D eigenvalue weighted by atomic mass is 10.1. The zero-order valence-electron chi connectivity index (χ0n) is 11.2. The molecule has 0 aromatic heterocycles. The normalized spacial score (nSPS) is 12.3. The quantitative estimate of drug-likeness (QED) is 0.633. The van der Waals surface area contributed by atoms with E-state index in [1.54, 1.807) is 0 Å². The molecule has 0 unspecified atom stereocenters. The number of benzene rings is 2. The molecule has 2 aromatic carbocycles.